The van der Waals surface area contributed by atoms with E-state index in [-0.39, 0.29) is 17.7 Å². The maximum absolute atomic E-state index is 2.85. The van der Waals surface area contributed by atoms with Crippen molar-refractivity contribution >= 4 is 68.6 Å². The van der Waals surface area contributed by atoms with Gasteiger partial charge in [-0.15, -0.1) is 0 Å². The Balaban J connectivity index is 1.34. The van der Waals surface area contributed by atoms with Crippen molar-refractivity contribution in [1.82, 2.24) is 0 Å². The molecule has 2 unspecified atom stereocenters. The molecule has 0 radical (unpaired) electrons. The Labute approximate surface area is 290 Å². The minimum atomic E-state index is -0.00934. The minimum Gasteiger partial charge on any atom is -0.336 e. The predicted octanol–water partition coefficient (Wildman–Crippen LogP) is 9.80. The number of fused-ring (bicyclic) bond motifs is 6. The molecule has 1 saturated carbocycles. The molecule has 4 heteroatoms. The molecule has 3 heterocycles. The van der Waals surface area contributed by atoms with Crippen LogP contribution in [0.25, 0.3) is 0 Å². The normalized spacial score (nSPS) is 21.3. The second kappa shape index (κ2) is 10.6. The van der Waals surface area contributed by atoms with Gasteiger partial charge in [0.25, 0.3) is 6.71 Å². The highest BCUT2D eigenvalue weighted by Crippen LogP contribution is 2.59. The molecular formula is C45H40BN3. The number of para-hydroxylation sites is 5. The predicted molar refractivity (Wildman–Crippen MR) is 208 cm³/mol. The molecule has 6 aromatic rings. The van der Waals surface area contributed by atoms with Crippen LogP contribution in [0.4, 0.5) is 45.5 Å². The van der Waals surface area contributed by atoms with E-state index in [1.807, 2.05) is 0 Å². The summed E-state index contributed by atoms with van der Waals surface area (Å²) in [5.74, 6) is 0. The molecule has 0 spiro atoms. The summed E-state index contributed by atoms with van der Waals surface area (Å²) < 4.78 is 0. The molecule has 0 amide bonds. The number of nitrogens with zero attached hydrogens (tertiary/aromatic N) is 3. The summed E-state index contributed by atoms with van der Waals surface area (Å²) in [5.41, 5.74) is 16.0. The first-order chi connectivity index (χ1) is 24.1. The second-order valence-electron chi connectivity index (χ2n) is 15.0. The van der Waals surface area contributed by atoms with Crippen LogP contribution in [-0.2, 0) is 6.42 Å². The van der Waals surface area contributed by atoms with Crippen LogP contribution in [0.15, 0.2) is 146 Å². The average molecular weight is 634 g/mol. The minimum absolute atomic E-state index is 0.00934. The first-order valence-electron chi connectivity index (χ1n) is 18.0. The van der Waals surface area contributed by atoms with Crippen LogP contribution in [0, 0.1) is 5.41 Å². The van der Waals surface area contributed by atoms with E-state index < -0.39 is 0 Å². The smallest absolute Gasteiger partial charge is 0.252 e. The van der Waals surface area contributed by atoms with Gasteiger partial charge >= 0.3 is 0 Å². The molecule has 0 bridgehead atoms. The van der Waals surface area contributed by atoms with Gasteiger partial charge in [0, 0.05) is 45.4 Å². The van der Waals surface area contributed by atoms with Gasteiger partial charge in [-0.25, -0.2) is 0 Å². The molecule has 0 N–H and O–H groups in total. The van der Waals surface area contributed by atoms with Crippen molar-refractivity contribution in [1.29, 1.82) is 0 Å². The van der Waals surface area contributed by atoms with Gasteiger partial charge in [0.1, 0.15) is 0 Å². The highest BCUT2D eigenvalue weighted by molar-refractivity contribution is 7.00. The van der Waals surface area contributed by atoms with Gasteiger partial charge in [0.15, 0.2) is 0 Å². The first kappa shape index (κ1) is 28.8. The fourth-order valence-corrected chi connectivity index (χ4v) is 9.93. The van der Waals surface area contributed by atoms with Gasteiger partial charge in [-0.1, -0.05) is 111 Å². The average Bonchev–Trinajstić information content (AvgIpc) is 3.14. The van der Waals surface area contributed by atoms with Gasteiger partial charge in [-0.3, -0.25) is 0 Å². The Hall–Kier alpha value is -5.22. The number of anilines is 8. The van der Waals surface area contributed by atoms with Gasteiger partial charge in [0.2, 0.25) is 0 Å². The van der Waals surface area contributed by atoms with Gasteiger partial charge in [-0.2, -0.15) is 0 Å². The van der Waals surface area contributed by atoms with Crippen LogP contribution in [0.2, 0.25) is 0 Å². The van der Waals surface area contributed by atoms with E-state index in [4.69, 9.17) is 0 Å². The zero-order valence-electron chi connectivity index (χ0n) is 28.3. The van der Waals surface area contributed by atoms with Gasteiger partial charge in [-0.05, 0) is 108 Å². The van der Waals surface area contributed by atoms with Crippen LogP contribution >= 0.6 is 0 Å². The Morgan fingerprint density at radius 3 is 1.92 bits per heavy atom. The summed E-state index contributed by atoms with van der Waals surface area (Å²) in [5, 5.41) is 0. The first-order valence-corrected chi connectivity index (χ1v) is 18.0. The summed E-state index contributed by atoms with van der Waals surface area (Å²) in [7, 11) is 0. The molecule has 2 atom stereocenters. The Morgan fingerprint density at radius 1 is 0.571 bits per heavy atom. The van der Waals surface area contributed by atoms with E-state index in [0.717, 1.165) is 17.8 Å². The number of rotatable bonds is 4. The lowest BCUT2D eigenvalue weighted by molar-refractivity contribution is 0.0865. The maximum Gasteiger partial charge on any atom is 0.252 e. The van der Waals surface area contributed by atoms with Crippen molar-refractivity contribution in [2.45, 2.75) is 51.5 Å². The summed E-state index contributed by atoms with van der Waals surface area (Å²) in [4.78, 5) is 7.83. The van der Waals surface area contributed by atoms with Gasteiger partial charge in [0.05, 0.1) is 5.69 Å². The third-order valence-corrected chi connectivity index (χ3v) is 12.4. The number of hydrogen-bond acceptors (Lipinski definition) is 3. The standard InChI is InChI=1S/C45H40BN3/c1-44-27-14-15-28-45(44,2)49-41-30-36(47(33-18-6-3-7-19-33)34-20-8-4-9-21-34)29-40-42(41)46(38-25-16-17-32(31-44)43(38)49)37-24-12-13-26-39(37)48(40)35-22-10-5-11-23-35/h3-13,16-26,29-30H,14-15,27-28,31H2,1-2H3. The molecule has 1 aliphatic carbocycles. The van der Waals surface area contributed by atoms with E-state index in [9.17, 15) is 0 Å². The zero-order valence-corrected chi connectivity index (χ0v) is 28.3. The topological polar surface area (TPSA) is 9.72 Å². The van der Waals surface area contributed by atoms with E-state index >= 15 is 0 Å². The molecule has 49 heavy (non-hydrogen) atoms. The molecule has 3 nitrogen and oxygen atoms in total. The van der Waals surface area contributed by atoms with Crippen LogP contribution < -0.4 is 31.1 Å². The second-order valence-corrected chi connectivity index (χ2v) is 15.0. The van der Waals surface area contributed by atoms with Crippen LogP contribution in [0.5, 0.6) is 0 Å². The third-order valence-electron chi connectivity index (χ3n) is 12.4. The Bertz CT molecular complexity index is 2180. The quantitative estimate of drug-likeness (QED) is 0.179. The summed E-state index contributed by atoms with van der Waals surface area (Å²) in [6.07, 6.45) is 6.16. The SMILES string of the molecule is CC12CCCCC1(C)N1c3cc(N(c4ccccc4)c4ccccc4)cc4c3B(c3ccccc3N4c3ccccc3)c3cccc(c31)C2. The maximum atomic E-state index is 2.85. The monoisotopic (exact) mass is 633 g/mol. The van der Waals surface area contributed by atoms with Crippen molar-refractivity contribution in [3.05, 3.63) is 151 Å². The fraction of sp³-hybridized carbons (Fsp3) is 0.200. The Morgan fingerprint density at radius 2 is 1.18 bits per heavy atom. The highest BCUT2D eigenvalue weighted by atomic mass is 15.3. The lowest BCUT2D eigenvalue weighted by atomic mass is 9.32. The molecule has 10 rings (SSSR count). The van der Waals surface area contributed by atoms with E-state index in [1.54, 1.807) is 0 Å². The molecule has 0 saturated heterocycles. The van der Waals surface area contributed by atoms with Crippen LogP contribution in [-0.4, -0.2) is 12.3 Å². The van der Waals surface area contributed by atoms with Crippen molar-refractivity contribution in [2.24, 2.45) is 5.41 Å². The number of hydrogen-bond donors (Lipinski definition) is 0. The molecular weight excluding hydrogens is 593 g/mol. The molecule has 0 aromatic heterocycles. The summed E-state index contributed by atoms with van der Waals surface area (Å²) in [6, 6.07) is 54.1. The Kier molecular flexibility index (Phi) is 6.25. The lowest BCUT2D eigenvalue weighted by Gasteiger charge is -2.62. The van der Waals surface area contributed by atoms with E-state index in [0.29, 0.717) is 0 Å². The van der Waals surface area contributed by atoms with E-state index in [2.05, 4.69) is 174 Å². The summed E-state index contributed by atoms with van der Waals surface area (Å²) in [6.45, 7) is 5.32. The molecule has 1 fully saturated rings. The molecule has 3 aliphatic heterocycles. The summed E-state index contributed by atoms with van der Waals surface area (Å²) >= 11 is 0. The van der Waals surface area contributed by atoms with Crippen molar-refractivity contribution in [3.8, 4) is 0 Å². The zero-order chi connectivity index (χ0) is 32.7. The largest absolute Gasteiger partial charge is 0.336 e. The molecule has 238 valence electrons. The fourth-order valence-electron chi connectivity index (χ4n) is 9.93. The van der Waals surface area contributed by atoms with Crippen molar-refractivity contribution in [3.63, 3.8) is 0 Å². The third kappa shape index (κ3) is 4.04. The van der Waals surface area contributed by atoms with Crippen molar-refractivity contribution < 1.29 is 0 Å². The van der Waals surface area contributed by atoms with E-state index in [1.165, 1.54) is 81.8 Å². The van der Waals surface area contributed by atoms with Crippen LogP contribution in [0.1, 0.15) is 45.1 Å². The molecule has 6 aromatic carbocycles. The lowest BCUT2D eigenvalue weighted by Crippen LogP contribution is -2.69. The van der Waals surface area contributed by atoms with Crippen LogP contribution in [0.3, 0.4) is 0 Å². The number of benzene rings is 6. The molecule has 4 aliphatic rings. The van der Waals surface area contributed by atoms with Crippen molar-refractivity contribution in [2.75, 3.05) is 14.7 Å². The highest BCUT2D eigenvalue weighted by Gasteiger charge is 2.57. The van der Waals surface area contributed by atoms with Gasteiger partial charge < -0.3 is 14.7 Å².